The van der Waals surface area contributed by atoms with Gasteiger partial charge in [-0.25, -0.2) is 8.42 Å². The first-order chi connectivity index (χ1) is 24.1. The second kappa shape index (κ2) is 12.5. The quantitative estimate of drug-likeness (QED) is 0.0856. The van der Waals surface area contributed by atoms with Gasteiger partial charge in [0.1, 0.15) is 9.79 Å². The van der Waals surface area contributed by atoms with E-state index < -0.39 is 128 Å². The molecule has 0 amide bonds. The molecule has 270 valence electrons. The summed E-state index contributed by atoms with van der Waals surface area (Å²) in [6.45, 7) is -0.826. The zero-order valence-electron chi connectivity index (χ0n) is 25.8. The van der Waals surface area contributed by atoms with Crippen LogP contribution in [-0.2, 0) is 40.2 Å². The SMILES string of the molecule is O=C(c1cccc(S(=O)(=O)O)c1)c1c2c3c(c(Nc4cc(S(=O)(=O)CCO)ccc4S(=O)(=O)O)cc(S(=O)(=O)O)c3[nH]c1=O)C(=O)c1ccccc1-2. The van der Waals surface area contributed by atoms with E-state index in [2.05, 4.69) is 10.3 Å². The molecule has 17 nitrogen and oxygen atoms in total. The van der Waals surface area contributed by atoms with Gasteiger partial charge in [-0.15, -0.1) is 0 Å². The van der Waals surface area contributed by atoms with Crippen molar-refractivity contribution in [2.24, 2.45) is 0 Å². The summed E-state index contributed by atoms with van der Waals surface area (Å²) >= 11 is 0. The lowest BCUT2D eigenvalue weighted by Crippen LogP contribution is -2.25. The Labute approximate surface area is 293 Å². The summed E-state index contributed by atoms with van der Waals surface area (Å²) in [5.41, 5.74) is -5.56. The third kappa shape index (κ3) is 6.32. The van der Waals surface area contributed by atoms with Crippen LogP contribution >= 0.6 is 0 Å². The normalized spacial score (nSPS) is 13.2. The number of H-pyrrole nitrogens is 1. The van der Waals surface area contributed by atoms with Crippen LogP contribution in [0.4, 0.5) is 11.4 Å². The summed E-state index contributed by atoms with van der Waals surface area (Å²) in [6, 6.07) is 12.2. The second-order valence-corrected chi connectivity index (χ2v) is 17.5. The molecule has 0 unspecified atom stereocenters. The number of ketones is 2. The van der Waals surface area contributed by atoms with Gasteiger partial charge in [-0.3, -0.25) is 28.0 Å². The Kier molecular flexibility index (Phi) is 8.83. The lowest BCUT2D eigenvalue weighted by atomic mass is 9.80. The topological polar surface area (TPSA) is 297 Å². The Balaban J connectivity index is 1.76. The van der Waals surface area contributed by atoms with Crippen LogP contribution < -0.4 is 10.9 Å². The van der Waals surface area contributed by atoms with Crippen molar-refractivity contribution in [1.29, 1.82) is 0 Å². The molecular formula is C31H22N2O15S4. The van der Waals surface area contributed by atoms with E-state index >= 15 is 0 Å². The Hall–Kier alpha value is -5.13. The van der Waals surface area contributed by atoms with Gasteiger partial charge in [0.05, 0.1) is 50.2 Å². The van der Waals surface area contributed by atoms with Gasteiger partial charge < -0.3 is 15.4 Å². The highest BCUT2D eigenvalue weighted by molar-refractivity contribution is 7.91. The van der Waals surface area contributed by atoms with Gasteiger partial charge >= 0.3 is 0 Å². The summed E-state index contributed by atoms with van der Waals surface area (Å²) in [7, 11) is -19.6. The largest absolute Gasteiger partial charge is 0.395 e. The highest BCUT2D eigenvalue weighted by Crippen LogP contribution is 2.46. The summed E-state index contributed by atoms with van der Waals surface area (Å²) in [5.74, 6) is -2.85. The number of aliphatic hydroxyl groups excluding tert-OH is 1. The van der Waals surface area contributed by atoms with Crippen LogP contribution in [0.3, 0.4) is 0 Å². The molecule has 1 heterocycles. The van der Waals surface area contributed by atoms with E-state index in [1.54, 1.807) is 0 Å². The van der Waals surface area contributed by atoms with Gasteiger partial charge in [0.2, 0.25) is 0 Å². The fourth-order valence-corrected chi connectivity index (χ4v) is 8.74. The smallest absolute Gasteiger partial charge is 0.296 e. The van der Waals surface area contributed by atoms with Crippen molar-refractivity contribution in [1.82, 2.24) is 4.98 Å². The molecule has 6 N–H and O–H groups in total. The molecule has 0 bridgehead atoms. The Bertz CT molecular complexity index is 2940. The first kappa shape index (κ1) is 36.7. The fraction of sp³-hybridized carbons (Fsp3) is 0.0645. The van der Waals surface area contributed by atoms with E-state index in [-0.39, 0.29) is 16.7 Å². The molecule has 52 heavy (non-hydrogen) atoms. The number of nitrogens with one attached hydrogen (secondary N) is 2. The standard InChI is InChI=1S/C31H22N2O15S4/c34-10-11-49(38,39)16-8-9-22(51(43,44)45)20(13-16)32-21-14-23(52(46,47)48)28-26-24(18-6-1-2-7-19(18)30(36)25(21)26)27(31(37)33-28)29(35)15-4-3-5-17(12-15)50(40,41)42/h1-9,12-14,32,34H,10-11H2,(H,33,37)(H,40,41,42)(H,43,44,45)(H,46,47,48). The van der Waals surface area contributed by atoms with Crippen molar-refractivity contribution in [2.45, 2.75) is 19.6 Å². The molecule has 0 atom stereocenters. The number of anilines is 2. The highest BCUT2D eigenvalue weighted by Gasteiger charge is 2.36. The number of hydrogen-bond acceptors (Lipinski definition) is 13. The fourth-order valence-electron chi connectivity index (χ4n) is 5.86. The summed E-state index contributed by atoms with van der Waals surface area (Å²) in [5, 5.41) is 11.2. The molecule has 1 aromatic heterocycles. The lowest BCUT2D eigenvalue weighted by molar-refractivity contribution is 0.102. The molecule has 4 aromatic carbocycles. The minimum Gasteiger partial charge on any atom is -0.395 e. The second-order valence-electron chi connectivity index (χ2n) is 11.2. The lowest BCUT2D eigenvalue weighted by Gasteiger charge is -2.25. The van der Waals surface area contributed by atoms with Crippen molar-refractivity contribution in [3.63, 3.8) is 0 Å². The van der Waals surface area contributed by atoms with E-state index in [0.29, 0.717) is 12.1 Å². The Morgan fingerprint density at radius 1 is 0.673 bits per heavy atom. The number of aromatic nitrogens is 1. The number of benzene rings is 4. The number of rotatable bonds is 10. The van der Waals surface area contributed by atoms with Crippen LogP contribution in [0.15, 0.2) is 97.2 Å². The van der Waals surface area contributed by atoms with Gasteiger partial charge in [0, 0.05) is 22.1 Å². The number of carbonyl (C=O) groups is 2. The predicted molar refractivity (Wildman–Crippen MR) is 182 cm³/mol. The number of pyridine rings is 1. The zero-order chi connectivity index (χ0) is 38.1. The Morgan fingerprint density at radius 3 is 1.94 bits per heavy atom. The summed E-state index contributed by atoms with van der Waals surface area (Å²) in [4.78, 5) is 40.9. The molecular weight excluding hydrogens is 769 g/mol. The van der Waals surface area contributed by atoms with Gasteiger partial charge in [-0.2, -0.15) is 25.3 Å². The molecule has 0 aliphatic heterocycles. The maximum atomic E-state index is 14.2. The third-order valence-corrected chi connectivity index (χ3v) is 12.4. The van der Waals surface area contributed by atoms with Crippen molar-refractivity contribution in [3.8, 4) is 11.1 Å². The molecule has 0 spiro atoms. The van der Waals surface area contributed by atoms with Crippen LogP contribution in [0, 0.1) is 0 Å². The molecule has 1 aliphatic rings. The number of hydrogen-bond donors (Lipinski definition) is 6. The zero-order valence-corrected chi connectivity index (χ0v) is 29.0. The van der Waals surface area contributed by atoms with Crippen LogP contribution in [0.2, 0.25) is 0 Å². The average molecular weight is 791 g/mol. The van der Waals surface area contributed by atoms with Crippen molar-refractivity contribution in [2.75, 3.05) is 17.7 Å². The molecule has 0 saturated carbocycles. The maximum absolute atomic E-state index is 14.2. The van der Waals surface area contributed by atoms with E-state index in [1.165, 1.54) is 24.3 Å². The third-order valence-electron chi connectivity index (χ3n) is 8.04. The maximum Gasteiger partial charge on any atom is 0.296 e. The minimum absolute atomic E-state index is 0.0838. The summed E-state index contributed by atoms with van der Waals surface area (Å²) < 4.78 is 129. The van der Waals surface area contributed by atoms with Gasteiger partial charge in [0.25, 0.3) is 35.9 Å². The molecule has 0 fully saturated rings. The van der Waals surface area contributed by atoms with Crippen molar-refractivity contribution in [3.05, 3.63) is 105 Å². The van der Waals surface area contributed by atoms with Crippen LogP contribution in [0.25, 0.3) is 22.0 Å². The summed E-state index contributed by atoms with van der Waals surface area (Å²) in [6.07, 6.45) is 0. The molecule has 6 rings (SSSR count). The van der Waals surface area contributed by atoms with E-state index in [0.717, 1.165) is 36.4 Å². The van der Waals surface area contributed by atoms with E-state index in [9.17, 15) is 66.8 Å². The number of aliphatic hydroxyl groups is 1. The molecule has 21 heteroatoms. The molecule has 1 aliphatic carbocycles. The monoisotopic (exact) mass is 790 g/mol. The van der Waals surface area contributed by atoms with Crippen LogP contribution in [0.5, 0.6) is 0 Å². The number of fused-ring (bicyclic) bond motifs is 2. The Morgan fingerprint density at radius 2 is 1.33 bits per heavy atom. The van der Waals surface area contributed by atoms with Crippen molar-refractivity contribution < 1.29 is 62.0 Å². The van der Waals surface area contributed by atoms with Gasteiger partial charge in [-0.05, 0) is 42.0 Å². The van der Waals surface area contributed by atoms with E-state index in [1.807, 2.05) is 0 Å². The minimum atomic E-state index is -5.35. The number of sulfone groups is 1. The van der Waals surface area contributed by atoms with Crippen LogP contribution in [0.1, 0.15) is 31.8 Å². The van der Waals surface area contributed by atoms with E-state index in [4.69, 9.17) is 0 Å². The predicted octanol–water partition coefficient (Wildman–Crippen LogP) is 2.22. The highest BCUT2D eigenvalue weighted by atomic mass is 32.2. The molecule has 0 radical (unpaired) electrons. The number of carbonyl (C=O) groups excluding carboxylic acids is 2. The van der Waals surface area contributed by atoms with Gasteiger partial charge in [-0.1, -0.05) is 36.4 Å². The average Bonchev–Trinajstić information content (AvgIpc) is 3.05. The van der Waals surface area contributed by atoms with Crippen LogP contribution in [-0.4, -0.2) is 81.3 Å². The van der Waals surface area contributed by atoms with Gasteiger partial charge in [0.15, 0.2) is 21.4 Å². The molecule has 0 saturated heterocycles. The first-order valence-corrected chi connectivity index (χ1v) is 20.4. The first-order valence-electron chi connectivity index (χ1n) is 14.4. The van der Waals surface area contributed by atoms with Crippen molar-refractivity contribution >= 4 is 74.0 Å². The molecule has 5 aromatic rings. The number of aromatic amines is 1.